The Labute approximate surface area is 194 Å². The zero-order chi connectivity index (χ0) is 21.2. The Hall–Kier alpha value is -2.47. The van der Waals surface area contributed by atoms with Gasteiger partial charge in [0, 0.05) is 16.1 Å². The molecule has 0 saturated heterocycles. The summed E-state index contributed by atoms with van der Waals surface area (Å²) in [4.78, 5) is 16.0. The number of thiophene rings is 1. The summed E-state index contributed by atoms with van der Waals surface area (Å²) >= 11 is 14.3. The van der Waals surface area contributed by atoms with E-state index in [9.17, 15) is 0 Å². The summed E-state index contributed by atoms with van der Waals surface area (Å²) in [5.74, 6) is 1.34. The third-order valence-corrected chi connectivity index (χ3v) is 6.93. The fourth-order valence-electron chi connectivity index (χ4n) is 3.72. The van der Waals surface area contributed by atoms with Crippen LogP contribution < -0.4 is 4.74 Å². The number of aryl methyl sites for hydroxylation is 2. The Morgan fingerprint density at radius 3 is 2.71 bits per heavy atom. The SMILES string of the molecule is Clc1cccc(N=Cc2ccc(OCc3nc(Cl)c4c5c(sc4n3)CCCC5)cc2)c1. The predicted molar refractivity (Wildman–Crippen MR) is 129 cm³/mol. The number of rotatable bonds is 5. The predicted octanol–water partition coefficient (Wildman–Crippen LogP) is 7.21. The fraction of sp³-hybridized carbons (Fsp3) is 0.208. The number of ether oxygens (including phenoxy) is 1. The van der Waals surface area contributed by atoms with Crippen LogP contribution in [0.25, 0.3) is 10.2 Å². The van der Waals surface area contributed by atoms with Crippen molar-refractivity contribution in [3.8, 4) is 5.75 Å². The highest BCUT2D eigenvalue weighted by Gasteiger charge is 2.20. The van der Waals surface area contributed by atoms with Gasteiger partial charge in [-0.2, -0.15) is 0 Å². The van der Waals surface area contributed by atoms with Crippen molar-refractivity contribution in [2.45, 2.75) is 32.3 Å². The van der Waals surface area contributed by atoms with Gasteiger partial charge in [-0.25, -0.2) is 9.97 Å². The molecule has 0 saturated carbocycles. The maximum atomic E-state index is 6.52. The van der Waals surface area contributed by atoms with Crippen molar-refractivity contribution >= 4 is 56.7 Å². The molecule has 0 unspecified atom stereocenters. The van der Waals surface area contributed by atoms with Gasteiger partial charge in [-0.3, -0.25) is 4.99 Å². The third kappa shape index (κ3) is 4.59. The molecular weight excluding hydrogens is 449 g/mol. The molecule has 0 fully saturated rings. The van der Waals surface area contributed by atoms with E-state index >= 15 is 0 Å². The molecule has 7 heteroatoms. The molecule has 156 valence electrons. The quantitative estimate of drug-likeness (QED) is 0.230. The van der Waals surface area contributed by atoms with E-state index < -0.39 is 0 Å². The third-order valence-electron chi connectivity index (χ3n) is 5.24. The van der Waals surface area contributed by atoms with Gasteiger partial charge in [0.1, 0.15) is 22.3 Å². The van der Waals surface area contributed by atoms with Crippen molar-refractivity contribution in [2.24, 2.45) is 4.99 Å². The second kappa shape index (κ2) is 8.95. The zero-order valence-corrected chi connectivity index (χ0v) is 19.0. The molecule has 31 heavy (non-hydrogen) atoms. The molecule has 0 atom stereocenters. The highest BCUT2D eigenvalue weighted by Crippen LogP contribution is 2.38. The second-order valence-electron chi connectivity index (χ2n) is 7.42. The van der Waals surface area contributed by atoms with Gasteiger partial charge in [-0.15, -0.1) is 11.3 Å². The van der Waals surface area contributed by atoms with E-state index in [1.54, 1.807) is 17.6 Å². The van der Waals surface area contributed by atoms with Gasteiger partial charge < -0.3 is 4.74 Å². The average Bonchev–Trinajstić information content (AvgIpc) is 3.16. The lowest BCUT2D eigenvalue weighted by atomic mass is 9.97. The van der Waals surface area contributed by atoms with Gasteiger partial charge in [0.2, 0.25) is 0 Å². The van der Waals surface area contributed by atoms with Gasteiger partial charge in [0.25, 0.3) is 0 Å². The summed E-state index contributed by atoms with van der Waals surface area (Å²) in [7, 11) is 0. The molecule has 2 aromatic heterocycles. The monoisotopic (exact) mass is 467 g/mol. The first-order valence-electron chi connectivity index (χ1n) is 10.1. The van der Waals surface area contributed by atoms with Gasteiger partial charge >= 0.3 is 0 Å². The Morgan fingerprint density at radius 1 is 1.03 bits per heavy atom. The number of hydrogen-bond donors (Lipinski definition) is 0. The lowest BCUT2D eigenvalue weighted by molar-refractivity contribution is 0.296. The van der Waals surface area contributed by atoms with Crippen LogP contribution in [0.15, 0.2) is 53.5 Å². The summed E-state index contributed by atoms with van der Waals surface area (Å²) in [6, 6.07) is 15.2. The van der Waals surface area contributed by atoms with Crippen LogP contribution in [0.5, 0.6) is 5.75 Å². The Balaban J connectivity index is 1.27. The molecule has 0 aliphatic heterocycles. The topological polar surface area (TPSA) is 47.4 Å². The molecule has 0 spiro atoms. The van der Waals surface area contributed by atoms with Crippen molar-refractivity contribution in [2.75, 3.05) is 0 Å². The van der Waals surface area contributed by atoms with Crippen molar-refractivity contribution in [3.63, 3.8) is 0 Å². The van der Waals surface area contributed by atoms with Crippen LogP contribution in [-0.2, 0) is 19.4 Å². The van der Waals surface area contributed by atoms with E-state index in [4.69, 9.17) is 32.9 Å². The van der Waals surface area contributed by atoms with E-state index in [0.717, 1.165) is 40.1 Å². The second-order valence-corrected chi connectivity index (χ2v) is 9.30. The number of benzene rings is 2. The van der Waals surface area contributed by atoms with Crippen LogP contribution in [-0.4, -0.2) is 16.2 Å². The first-order chi connectivity index (χ1) is 15.2. The van der Waals surface area contributed by atoms with Crippen LogP contribution in [0.3, 0.4) is 0 Å². The Morgan fingerprint density at radius 2 is 1.87 bits per heavy atom. The smallest absolute Gasteiger partial charge is 0.169 e. The Kier molecular flexibility index (Phi) is 5.90. The van der Waals surface area contributed by atoms with E-state index in [0.29, 0.717) is 16.0 Å². The highest BCUT2D eigenvalue weighted by atomic mass is 35.5. The molecule has 0 radical (unpaired) electrons. The van der Waals surface area contributed by atoms with Crippen LogP contribution >= 0.6 is 34.5 Å². The molecule has 1 aliphatic rings. The van der Waals surface area contributed by atoms with Crippen molar-refractivity contribution in [3.05, 3.63) is 80.5 Å². The number of aromatic nitrogens is 2. The normalized spacial score (nSPS) is 13.6. The van der Waals surface area contributed by atoms with Gasteiger partial charge in [0.15, 0.2) is 5.82 Å². The van der Waals surface area contributed by atoms with E-state index in [-0.39, 0.29) is 6.61 Å². The molecule has 2 heterocycles. The van der Waals surface area contributed by atoms with Crippen molar-refractivity contribution in [1.29, 1.82) is 0 Å². The zero-order valence-electron chi connectivity index (χ0n) is 16.6. The van der Waals surface area contributed by atoms with Crippen LogP contribution in [0, 0.1) is 0 Å². The first-order valence-corrected chi connectivity index (χ1v) is 11.7. The number of fused-ring (bicyclic) bond motifs is 3. The summed E-state index contributed by atoms with van der Waals surface area (Å²) in [6.07, 6.45) is 6.43. The summed E-state index contributed by atoms with van der Waals surface area (Å²) in [5.41, 5.74) is 3.13. The minimum Gasteiger partial charge on any atom is -0.486 e. The minimum absolute atomic E-state index is 0.272. The maximum Gasteiger partial charge on any atom is 0.169 e. The lowest BCUT2D eigenvalue weighted by Gasteiger charge is -2.10. The number of halogens is 2. The van der Waals surface area contributed by atoms with Crippen molar-refractivity contribution < 1.29 is 4.74 Å². The number of nitrogens with zero attached hydrogens (tertiary/aromatic N) is 3. The van der Waals surface area contributed by atoms with Crippen LogP contribution in [0.1, 0.15) is 34.7 Å². The van der Waals surface area contributed by atoms with E-state index in [1.165, 1.54) is 23.3 Å². The minimum atomic E-state index is 0.272. The maximum absolute atomic E-state index is 6.52. The van der Waals surface area contributed by atoms with Gasteiger partial charge in [-0.05, 0) is 79.3 Å². The molecule has 0 N–H and O–H groups in total. The van der Waals surface area contributed by atoms with E-state index in [2.05, 4.69) is 9.98 Å². The molecule has 0 amide bonds. The first kappa shape index (κ1) is 20.4. The fourth-order valence-corrected chi connectivity index (χ4v) is 5.54. The summed E-state index contributed by atoms with van der Waals surface area (Å²) < 4.78 is 5.89. The largest absolute Gasteiger partial charge is 0.486 e. The van der Waals surface area contributed by atoms with Gasteiger partial charge in [0.05, 0.1) is 11.1 Å². The van der Waals surface area contributed by atoms with Crippen LogP contribution in [0.2, 0.25) is 10.2 Å². The van der Waals surface area contributed by atoms with E-state index in [1.807, 2.05) is 48.5 Å². The molecule has 0 bridgehead atoms. The van der Waals surface area contributed by atoms with Crippen LogP contribution in [0.4, 0.5) is 5.69 Å². The average molecular weight is 468 g/mol. The molecule has 4 nitrogen and oxygen atoms in total. The highest BCUT2D eigenvalue weighted by molar-refractivity contribution is 7.19. The number of hydrogen-bond acceptors (Lipinski definition) is 5. The van der Waals surface area contributed by atoms with Gasteiger partial charge in [-0.1, -0.05) is 29.3 Å². The molecule has 2 aromatic carbocycles. The summed E-state index contributed by atoms with van der Waals surface area (Å²) in [6.45, 7) is 0.272. The Bertz CT molecular complexity index is 1270. The number of aliphatic imine (C=N–C) groups is 1. The molecule has 4 aromatic rings. The lowest BCUT2D eigenvalue weighted by Crippen LogP contribution is -2.03. The summed E-state index contributed by atoms with van der Waals surface area (Å²) in [5, 5.41) is 2.24. The molecular formula is C24H19Cl2N3OS. The standard InChI is InChI=1S/C24H19Cl2N3OS/c25-16-4-3-5-17(12-16)27-13-15-8-10-18(11-9-15)30-14-21-28-23(26)22-19-6-1-2-7-20(19)31-24(22)29-21/h3-5,8-13H,1-2,6-7,14H2. The molecule has 1 aliphatic carbocycles. The van der Waals surface area contributed by atoms with Crippen molar-refractivity contribution in [1.82, 2.24) is 9.97 Å². The molecule has 5 rings (SSSR count).